The molecule has 0 radical (unpaired) electrons. The molecule has 0 fully saturated rings. The summed E-state index contributed by atoms with van der Waals surface area (Å²) in [5.41, 5.74) is 0. The molecule has 0 aliphatic carbocycles. The van der Waals surface area contributed by atoms with Crippen LogP contribution in [0.2, 0.25) is 0 Å². The molecular formula is C3H4BrClOS. The van der Waals surface area contributed by atoms with Gasteiger partial charge in [-0.15, -0.1) is 0 Å². The monoisotopic (exact) mass is 202 g/mol. The summed E-state index contributed by atoms with van der Waals surface area (Å²) >= 11 is 12.7. The zero-order chi connectivity index (χ0) is 5.70. The van der Waals surface area contributed by atoms with E-state index in [4.69, 9.17) is 11.6 Å². The minimum atomic E-state index is 0.0828. The van der Waals surface area contributed by atoms with Crippen molar-refractivity contribution in [2.75, 3.05) is 11.9 Å². The lowest BCUT2D eigenvalue weighted by Gasteiger charge is -1.93. The lowest BCUT2D eigenvalue weighted by atomic mass is 10.9. The molecule has 0 amide bonds. The Hall–Kier alpha value is 0.660. The number of hydrogen-bond acceptors (Lipinski definition) is 2. The van der Waals surface area contributed by atoms with Gasteiger partial charge in [0.15, 0.2) is 0 Å². The fraction of sp³-hybridized carbons (Fsp3) is 0.667. The Bertz CT molecular complexity index is 68.0. The van der Waals surface area contributed by atoms with Gasteiger partial charge in [0, 0.05) is 5.33 Å². The Morgan fingerprint density at radius 2 is 2.43 bits per heavy atom. The van der Waals surface area contributed by atoms with Crippen molar-refractivity contribution in [1.29, 1.82) is 0 Å². The lowest BCUT2D eigenvalue weighted by molar-refractivity contribution is 0.350. The molecule has 0 heterocycles. The molecule has 0 saturated carbocycles. The highest BCUT2D eigenvalue weighted by Crippen LogP contribution is 1.88. The minimum absolute atomic E-state index is 0.0828. The minimum Gasteiger partial charge on any atom is -0.474 e. The maximum Gasteiger partial charge on any atom is 0.255 e. The largest absolute Gasteiger partial charge is 0.474 e. The predicted octanol–water partition coefficient (Wildman–Crippen LogP) is 1.92. The molecule has 0 bridgehead atoms. The van der Waals surface area contributed by atoms with Gasteiger partial charge in [-0.25, -0.2) is 0 Å². The summed E-state index contributed by atoms with van der Waals surface area (Å²) in [6, 6.07) is 0. The number of hydrogen-bond donors (Lipinski definition) is 0. The number of alkyl halides is 1. The van der Waals surface area contributed by atoms with Gasteiger partial charge in [-0.2, -0.15) is 0 Å². The maximum atomic E-state index is 5.14. The molecular weight excluding hydrogens is 199 g/mol. The van der Waals surface area contributed by atoms with Gasteiger partial charge < -0.3 is 4.74 Å². The molecule has 0 N–H and O–H groups in total. The normalized spacial score (nSPS) is 8.29. The second-order valence-electron chi connectivity index (χ2n) is 0.775. The molecule has 0 spiro atoms. The van der Waals surface area contributed by atoms with E-state index in [0.29, 0.717) is 6.61 Å². The third-order valence-corrected chi connectivity index (χ3v) is 0.843. The summed E-state index contributed by atoms with van der Waals surface area (Å²) in [5, 5.41) is 0.764. The Labute approximate surface area is 61.1 Å². The van der Waals surface area contributed by atoms with Crippen molar-refractivity contribution in [3.63, 3.8) is 0 Å². The van der Waals surface area contributed by atoms with E-state index in [1.54, 1.807) is 0 Å². The smallest absolute Gasteiger partial charge is 0.255 e. The Morgan fingerprint density at radius 1 is 1.86 bits per heavy atom. The Morgan fingerprint density at radius 3 is 2.57 bits per heavy atom. The van der Waals surface area contributed by atoms with E-state index >= 15 is 0 Å². The standard InChI is InChI=1S/C3H4BrClOS/c4-1-2-6-3(5)7/h1-2H2. The van der Waals surface area contributed by atoms with Crippen molar-refractivity contribution in [3.05, 3.63) is 0 Å². The fourth-order valence-corrected chi connectivity index (χ4v) is 0.441. The molecule has 1 nitrogen and oxygen atoms in total. The topological polar surface area (TPSA) is 9.23 Å². The van der Waals surface area contributed by atoms with Crippen molar-refractivity contribution in [3.8, 4) is 0 Å². The highest BCUT2D eigenvalue weighted by Gasteiger charge is 1.84. The van der Waals surface area contributed by atoms with Crippen LogP contribution in [0.5, 0.6) is 0 Å². The second-order valence-corrected chi connectivity index (χ2v) is 2.51. The Kier molecular flexibility index (Phi) is 5.26. The molecule has 4 heteroatoms. The number of ether oxygens (including phenoxy) is 1. The van der Waals surface area contributed by atoms with E-state index in [2.05, 4.69) is 32.9 Å². The van der Waals surface area contributed by atoms with Crippen LogP contribution in [0.25, 0.3) is 0 Å². The molecule has 7 heavy (non-hydrogen) atoms. The molecule has 0 aromatic heterocycles. The third-order valence-electron chi connectivity index (χ3n) is 0.293. The number of rotatable bonds is 2. The van der Waals surface area contributed by atoms with Crippen LogP contribution in [0.4, 0.5) is 0 Å². The van der Waals surface area contributed by atoms with Gasteiger partial charge in [0.2, 0.25) is 0 Å². The van der Waals surface area contributed by atoms with Crippen LogP contribution in [0.15, 0.2) is 0 Å². The molecule has 42 valence electrons. The number of halogens is 2. The maximum absolute atomic E-state index is 5.14. The van der Waals surface area contributed by atoms with Crippen molar-refractivity contribution < 1.29 is 4.74 Å². The van der Waals surface area contributed by atoms with Gasteiger partial charge in [0.1, 0.15) is 0 Å². The van der Waals surface area contributed by atoms with Crippen molar-refractivity contribution in [2.45, 2.75) is 0 Å². The van der Waals surface area contributed by atoms with Crippen LogP contribution in [-0.4, -0.2) is 16.4 Å². The van der Waals surface area contributed by atoms with Gasteiger partial charge in [0.05, 0.1) is 6.61 Å². The molecule has 0 atom stereocenters. The Balaban J connectivity index is 2.82. The van der Waals surface area contributed by atoms with E-state index in [9.17, 15) is 0 Å². The summed E-state index contributed by atoms with van der Waals surface area (Å²) in [5.74, 6) is 0. The molecule has 0 aliphatic heterocycles. The average Bonchev–Trinajstić information content (AvgIpc) is 1.61. The van der Waals surface area contributed by atoms with Crippen molar-refractivity contribution in [2.24, 2.45) is 0 Å². The van der Waals surface area contributed by atoms with Crippen LogP contribution in [0, 0.1) is 0 Å². The quantitative estimate of drug-likeness (QED) is 0.385. The van der Waals surface area contributed by atoms with E-state index in [1.165, 1.54) is 0 Å². The zero-order valence-electron chi connectivity index (χ0n) is 3.49. The molecule has 0 saturated heterocycles. The van der Waals surface area contributed by atoms with Crippen LogP contribution in [-0.2, 0) is 4.74 Å². The molecule has 0 aromatic rings. The van der Waals surface area contributed by atoms with E-state index in [-0.39, 0.29) is 4.51 Å². The average molecular weight is 203 g/mol. The molecule has 0 aliphatic rings. The highest BCUT2D eigenvalue weighted by atomic mass is 79.9. The first-order valence-corrected chi connectivity index (χ1v) is 3.56. The van der Waals surface area contributed by atoms with Gasteiger partial charge in [-0.3, -0.25) is 0 Å². The molecule has 0 unspecified atom stereocenters. The summed E-state index contributed by atoms with van der Waals surface area (Å²) in [6.07, 6.45) is 0. The first-order valence-electron chi connectivity index (χ1n) is 1.65. The molecule has 0 rings (SSSR count). The predicted molar refractivity (Wildman–Crippen MR) is 38.2 cm³/mol. The summed E-state index contributed by atoms with van der Waals surface area (Å²) < 4.78 is 4.72. The first-order chi connectivity index (χ1) is 3.27. The SMILES string of the molecule is S=C(Cl)OCCBr. The van der Waals surface area contributed by atoms with Crippen LogP contribution < -0.4 is 0 Å². The first kappa shape index (κ1) is 7.66. The molecule has 0 aromatic carbocycles. The van der Waals surface area contributed by atoms with Gasteiger partial charge in [-0.05, 0) is 23.8 Å². The van der Waals surface area contributed by atoms with Crippen LogP contribution in [0.3, 0.4) is 0 Å². The van der Waals surface area contributed by atoms with Gasteiger partial charge >= 0.3 is 0 Å². The van der Waals surface area contributed by atoms with Crippen molar-refractivity contribution >= 4 is 44.3 Å². The lowest BCUT2D eigenvalue weighted by Crippen LogP contribution is -1.95. The van der Waals surface area contributed by atoms with E-state index in [0.717, 1.165) is 5.33 Å². The van der Waals surface area contributed by atoms with Crippen LogP contribution in [0.1, 0.15) is 0 Å². The summed E-state index contributed by atoms with van der Waals surface area (Å²) in [6.45, 7) is 0.544. The van der Waals surface area contributed by atoms with E-state index < -0.39 is 0 Å². The second kappa shape index (κ2) is 4.81. The van der Waals surface area contributed by atoms with E-state index in [1.807, 2.05) is 0 Å². The van der Waals surface area contributed by atoms with Gasteiger partial charge in [-0.1, -0.05) is 15.9 Å². The fourth-order valence-electron chi connectivity index (χ4n) is 0.119. The zero-order valence-corrected chi connectivity index (χ0v) is 6.65. The third kappa shape index (κ3) is 6.66. The summed E-state index contributed by atoms with van der Waals surface area (Å²) in [4.78, 5) is 0. The van der Waals surface area contributed by atoms with Crippen LogP contribution >= 0.6 is 39.7 Å². The highest BCUT2D eigenvalue weighted by molar-refractivity contribution is 9.09. The number of thiocarbonyl (C=S) groups is 1. The summed E-state index contributed by atoms with van der Waals surface area (Å²) in [7, 11) is 0. The van der Waals surface area contributed by atoms with Gasteiger partial charge in [0.25, 0.3) is 4.51 Å². The van der Waals surface area contributed by atoms with Crippen molar-refractivity contribution in [1.82, 2.24) is 0 Å².